The van der Waals surface area contributed by atoms with Crippen LogP contribution < -0.4 is 0 Å². The van der Waals surface area contributed by atoms with Crippen LogP contribution in [0.15, 0.2) is 11.6 Å². The molecule has 2 saturated carbocycles. The summed E-state index contributed by atoms with van der Waals surface area (Å²) in [4.78, 5) is 12.4. The summed E-state index contributed by atoms with van der Waals surface area (Å²) >= 11 is 0. The molecule has 0 aliphatic heterocycles. The number of allylic oxidation sites excluding steroid dienone is 2. The van der Waals surface area contributed by atoms with E-state index in [9.17, 15) is 9.90 Å². The molecule has 0 saturated heterocycles. The summed E-state index contributed by atoms with van der Waals surface area (Å²) in [6.45, 7) is 6.64. The molecule has 0 aromatic heterocycles. The van der Waals surface area contributed by atoms with Crippen LogP contribution >= 0.6 is 0 Å². The minimum Gasteiger partial charge on any atom is -0.396 e. The second-order valence-electron chi connectivity index (χ2n) is 6.89. The molecular formula is C15H22O2. The summed E-state index contributed by atoms with van der Waals surface area (Å²) in [6.07, 6.45) is 6.12. The Balaban J connectivity index is 2.16. The molecule has 0 heterocycles. The van der Waals surface area contributed by atoms with Crippen molar-refractivity contribution in [3.8, 4) is 0 Å². The zero-order valence-electron chi connectivity index (χ0n) is 11.0. The summed E-state index contributed by atoms with van der Waals surface area (Å²) in [5.41, 5.74) is 1.03. The topological polar surface area (TPSA) is 37.3 Å². The number of ketones is 1. The molecule has 1 spiro atoms. The van der Waals surface area contributed by atoms with E-state index in [0.29, 0.717) is 11.7 Å². The van der Waals surface area contributed by atoms with Gasteiger partial charge in [0.25, 0.3) is 0 Å². The standard InChI is InChI=1S/C15H22O2/c1-10-7-12(17)14(3)6-4-5-13(2,9-16)15(14)8-11(10)15/h7,11,16H,4-6,8-9H2,1-3H3/t11-,13+,14-,15-/m0/s1. The number of hydrogen-bond acceptors (Lipinski definition) is 2. The van der Waals surface area contributed by atoms with Gasteiger partial charge in [0.05, 0.1) is 0 Å². The Hall–Kier alpha value is -0.630. The van der Waals surface area contributed by atoms with Crippen molar-refractivity contribution in [2.24, 2.45) is 22.2 Å². The third-order valence-electron chi connectivity index (χ3n) is 6.23. The van der Waals surface area contributed by atoms with Gasteiger partial charge >= 0.3 is 0 Å². The molecule has 0 radical (unpaired) electrons. The molecule has 0 aromatic carbocycles. The molecule has 0 bridgehead atoms. The molecule has 3 rings (SSSR count). The first-order valence-electron chi connectivity index (χ1n) is 6.75. The summed E-state index contributed by atoms with van der Waals surface area (Å²) in [7, 11) is 0. The van der Waals surface area contributed by atoms with Crippen LogP contribution in [0.4, 0.5) is 0 Å². The molecule has 2 nitrogen and oxygen atoms in total. The minimum absolute atomic E-state index is 0.0584. The highest BCUT2D eigenvalue weighted by Crippen LogP contribution is 2.79. The largest absolute Gasteiger partial charge is 0.396 e. The van der Waals surface area contributed by atoms with Crippen LogP contribution in [0.25, 0.3) is 0 Å². The predicted molar refractivity (Wildman–Crippen MR) is 66.5 cm³/mol. The van der Waals surface area contributed by atoms with Gasteiger partial charge in [-0.2, -0.15) is 0 Å². The van der Waals surface area contributed by atoms with E-state index in [4.69, 9.17) is 0 Å². The van der Waals surface area contributed by atoms with Crippen molar-refractivity contribution >= 4 is 5.78 Å². The van der Waals surface area contributed by atoms with E-state index >= 15 is 0 Å². The molecule has 1 N–H and O–H groups in total. The molecule has 3 aliphatic carbocycles. The third kappa shape index (κ3) is 1.04. The average molecular weight is 234 g/mol. The summed E-state index contributed by atoms with van der Waals surface area (Å²) in [5, 5.41) is 9.84. The van der Waals surface area contributed by atoms with Gasteiger partial charge in [-0.15, -0.1) is 0 Å². The number of rotatable bonds is 1. The highest BCUT2D eigenvalue weighted by Gasteiger charge is 2.76. The number of carbonyl (C=O) groups is 1. The monoisotopic (exact) mass is 234 g/mol. The number of aliphatic hydroxyl groups is 1. The smallest absolute Gasteiger partial charge is 0.162 e. The van der Waals surface area contributed by atoms with E-state index < -0.39 is 0 Å². The summed E-state index contributed by atoms with van der Waals surface area (Å²) in [5.74, 6) is 0.853. The van der Waals surface area contributed by atoms with Crippen LogP contribution in [-0.2, 0) is 4.79 Å². The van der Waals surface area contributed by atoms with Gasteiger partial charge in [-0.25, -0.2) is 0 Å². The maximum absolute atomic E-state index is 12.4. The number of aliphatic hydroxyl groups excluding tert-OH is 1. The van der Waals surface area contributed by atoms with Crippen molar-refractivity contribution in [3.63, 3.8) is 0 Å². The molecule has 0 unspecified atom stereocenters. The van der Waals surface area contributed by atoms with E-state index in [0.717, 1.165) is 25.7 Å². The van der Waals surface area contributed by atoms with Gasteiger partial charge in [0.2, 0.25) is 0 Å². The third-order valence-corrected chi connectivity index (χ3v) is 6.23. The van der Waals surface area contributed by atoms with Crippen LogP contribution in [0.1, 0.15) is 46.5 Å². The molecule has 94 valence electrons. The van der Waals surface area contributed by atoms with Crippen molar-refractivity contribution in [1.82, 2.24) is 0 Å². The quantitative estimate of drug-likeness (QED) is 0.757. The lowest BCUT2D eigenvalue weighted by atomic mass is 9.49. The lowest BCUT2D eigenvalue weighted by Crippen LogP contribution is -2.53. The summed E-state index contributed by atoms with van der Waals surface area (Å²) in [6, 6.07) is 0. The van der Waals surface area contributed by atoms with Gasteiger partial charge in [0.1, 0.15) is 0 Å². The SMILES string of the molecule is CC1=CC(=O)[C@]2(C)CCC[C@](C)(CO)[C@@]23C[C@@H]13. The van der Waals surface area contributed by atoms with Crippen LogP contribution in [0.3, 0.4) is 0 Å². The molecule has 4 atom stereocenters. The lowest BCUT2D eigenvalue weighted by Gasteiger charge is -2.54. The molecule has 0 amide bonds. The Morgan fingerprint density at radius 1 is 1.41 bits per heavy atom. The van der Waals surface area contributed by atoms with E-state index in [1.165, 1.54) is 5.57 Å². The Labute approximate surface area is 103 Å². The molecule has 3 aliphatic rings. The van der Waals surface area contributed by atoms with Crippen molar-refractivity contribution < 1.29 is 9.90 Å². The van der Waals surface area contributed by atoms with Gasteiger partial charge in [-0.3, -0.25) is 4.79 Å². The van der Waals surface area contributed by atoms with Crippen LogP contribution in [0, 0.1) is 22.2 Å². The molecule has 0 aromatic rings. The maximum Gasteiger partial charge on any atom is 0.162 e. The normalized spacial score (nSPS) is 52.6. The second-order valence-corrected chi connectivity index (χ2v) is 6.89. The highest BCUT2D eigenvalue weighted by molar-refractivity contribution is 5.98. The number of hydrogen-bond donors (Lipinski definition) is 1. The van der Waals surface area contributed by atoms with Crippen molar-refractivity contribution in [3.05, 3.63) is 11.6 Å². The zero-order chi connectivity index (χ0) is 12.5. The van der Waals surface area contributed by atoms with E-state index in [1.807, 2.05) is 6.08 Å². The van der Waals surface area contributed by atoms with Gasteiger partial charge in [0.15, 0.2) is 5.78 Å². The Morgan fingerprint density at radius 3 is 2.76 bits per heavy atom. The Kier molecular flexibility index (Phi) is 2.04. The van der Waals surface area contributed by atoms with Crippen LogP contribution in [-0.4, -0.2) is 17.5 Å². The molecule has 2 heteroatoms. The van der Waals surface area contributed by atoms with E-state index in [2.05, 4.69) is 20.8 Å². The van der Waals surface area contributed by atoms with Crippen molar-refractivity contribution in [1.29, 1.82) is 0 Å². The van der Waals surface area contributed by atoms with Gasteiger partial charge in [-0.1, -0.05) is 25.8 Å². The van der Waals surface area contributed by atoms with Gasteiger partial charge in [0, 0.05) is 12.0 Å². The first kappa shape index (κ1) is 11.5. The summed E-state index contributed by atoms with van der Waals surface area (Å²) < 4.78 is 0. The molecular weight excluding hydrogens is 212 g/mol. The first-order valence-corrected chi connectivity index (χ1v) is 6.75. The van der Waals surface area contributed by atoms with Crippen LogP contribution in [0.5, 0.6) is 0 Å². The van der Waals surface area contributed by atoms with Crippen molar-refractivity contribution in [2.75, 3.05) is 6.61 Å². The Morgan fingerprint density at radius 2 is 2.12 bits per heavy atom. The second kappa shape index (κ2) is 3.03. The predicted octanol–water partition coefficient (Wildman–Crippen LogP) is 2.71. The fraction of sp³-hybridized carbons (Fsp3) is 0.800. The first-order chi connectivity index (χ1) is 7.91. The van der Waals surface area contributed by atoms with Gasteiger partial charge in [-0.05, 0) is 49.0 Å². The molecule has 17 heavy (non-hydrogen) atoms. The number of carbonyl (C=O) groups excluding carboxylic acids is 1. The molecule has 2 fully saturated rings. The fourth-order valence-corrected chi connectivity index (χ4v) is 5.06. The van der Waals surface area contributed by atoms with Gasteiger partial charge < -0.3 is 5.11 Å². The van der Waals surface area contributed by atoms with Crippen molar-refractivity contribution in [2.45, 2.75) is 46.5 Å². The Bertz CT molecular complexity index is 425. The van der Waals surface area contributed by atoms with E-state index in [1.54, 1.807) is 0 Å². The maximum atomic E-state index is 12.4. The van der Waals surface area contributed by atoms with E-state index in [-0.39, 0.29) is 22.9 Å². The van der Waals surface area contributed by atoms with Crippen LogP contribution in [0.2, 0.25) is 0 Å². The minimum atomic E-state index is -0.215. The lowest BCUT2D eigenvalue weighted by molar-refractivity contribution is -0.142. The zero-order valence-corrected chi connectivity index (χ0v) is 11.0. The fourth-order valence-electron chi connectivity index (χ4n) is 5.06. The average Bonchev–Trinajstić information content (AvgIpc) is 3.03. The highest BCUT2D eigenvalue weighted by atomic mass is 16.3.